The smallest absolute Gasteiger partial charge is 0.475 e. The number of rotatable bonds is 6. The number of carbonyl (C=O) groups is 2. The van der Waals surface area contributed by atoms with Crippen LogP contribution in [0.25, 0.3) is 0 Å². The number of aromatic nitrogens is 1. The molecule has 2 aliphatic heterocycles. The van der Waals surface area contributed by atoms with Gasteiger partial charge in [0.25, 0.3) is 0 Å². The second-order valence-corrected chi connectivity index (χ2v) is 9.30. The third kappa shape index (κ3) is 6.14. The van der Waals surface area contributed by atoms with Crippen molar-refractivity contribution in [2.45, 2.75) is 38.9 Å². The Kier molecular flexibility index (Phi) is 7.03. The number of aryl methyl sites for hydroxylation is 1. The summed E-state index contributed by atoms with van der Waals surface area (Å²) in [5, 5.41) is 13.5. The minimum atomic E-state index is -5.08. The normalized spacial score (nSPS) is 26.1. The van der Waals surface area contributed by atoms with Crippen LogP contribution in [-0.4, -0.2) is 65.9 Å². The predicted molar refractivity (Wildman–Crippen MR) is 103 cm³/mol. The molecule has 11 heteroatoms. The van der Waals surface area contributed by atoms with E-state index >= 15 is 0 Å². The minimum Gasteiger partial charge on any atom is -0.475 e. The lowest BCUT2D eigenvalue weighted by molar-refractivity contribution is -0.192. The first-order valence-corrected chi connectivity index (χ1v) is 10.7. The molecule has 0 unspecified atom stereocenters. The molecule has 1 aliphatic carbocycles. The first-order valence-electron chi connectivity index (χ1n) is 9.85. The largest absolute Gasteiger partial charge is 0.490 e. The van der Waals surface area contributed by atoms with Gasteiger partial charge in [0.15, 0.2) is 0 Å². The van der Waals surface area contributed by atoms with E-state index in [1.54, 1.807) is 11.3 Å². The maximum atomic E-state index is 12.3. The van der Waals surface area contributed by atoms with Crippen LogP contribution >= 0.6 is 11.3 Å². The average molecular weight is 449 g/mol. The van der Waals surface area contributed by atoms with Crippen LogP contribution in [0.15, 0.2) is 5.38 Å². The predicted octanol–water partition coefficient (Wildman–Crippen LogP) is 2.45. The Balaban J connectivity index is 0.000000318. The maximum absolute atomic E-state index is 12.3. The van der Waals surface area contributed by atoms with E-state index in [1.165, 1.54) is 17.8 Å². The quantitative estimate of drug-likeness (QED) is 0.693. The van der Waals surface area contributed by atoms with Gasteiger partial charge in [-0.1, -0.05) is 0 Å². The molecular formula is C19H26F3N3O4S. The molecule has 30 heavy (non-hydrogen) atoms. The van der Waals surface area contributed by atoms with E-state index in [-0.39, 0.29) is 11.3 Å². The highest BCUT2D eigenvalue weighted by atomic mass is 32.1. The molecule has 168 valence electrons. The minimum absolute atomic E-state index is 0.0138. The van der Waals surface area contributed by atoms with E-state index in [9.17, 15) is 18.0 Å². The fraction of sp³-hybridized carbons (Fsp3) is 0.737. The molecule has 2 atom stereocenters. The molecule has 3 fully saturated rings. The number of ether oxygens (including phenoxy) is 1. The van der Waals surface area contributed by atoms with E-state index in [2.05, 4.69) is 20.6 Å². The zero-order chi connectivity index (χ0) is 21.9. The van der Waals surface area contributed by atoms with Crippen LogP contribution in [-0.2, 0) is 20.9 Å². The fourth-order valence-corrected chi connectivity index (χ4v) is 4.76. The van der Waals surface area contributed by atoms with Crippen LogP contribution in [0, 0.1) is 24.2 Å². The Morgan fingerprint density at radius 2 is 2.13 bits per heavy atom. The van der Waals surface area contributed by atoms with Crippen molar-refractivity contribution in [1.29, 1.82) is 0 Å². The highest BCUT2D eigenvalue weighted by Gasteiger charge is 2.51. The van der Waals surface area contributed by atoms with E-state index in [1.807, 2.05) is 6.92 Å². The zero-order valence-electron chi connectivity index (χ0n) is 16.7. The lowest BCUT2D eigenvalue weighted by Crippen LogP contribution is -2.38. The van der Waals surface area contributed by atoms with Gasteiger partial charge in [0, 0.05) is 48.5 Å². The first-order chi connectivity index (χ1) is 14.1. The van der Waals surface area contributed by atoms with Gasteiger partial charge >= 0.3 is 12.1 Å². The molecule has 4 rings (SSSR count). The van der Waals surface area contributed by atoms with Gasteiger partial charge in [-0.3, -0.25) is 9.69 Å². The second kappa shape index (κ2) is 9.19. The number of thiazole rings is 1. The van der Waals surface area contributed by atoms with Crippen molar-refractivity contribution in [3.63, 3.8) is 0 Å². The number of amides is 1. The monoisotopic (exact) mass is 449 g/mol. The van der Waals surface area contributed by atoms with Gasteiger partial charge in [0.05, 0.1) is 19.8 Å². The summed E-state index contributed by atoms with van der Waals surface area (Å²) in [6.07, 6.45) is -1.92. The highest BCUT2D eigenvalue weighted by molar-refractivity contribution is 7.09. The lowest BCUT2D eigenvalue weighted by Gasteiger charge is -2.26. The van der Waals surface area contributed by atoms with Crippen LogP contribution in [0.5, 0.6) is 0 Å². The Labute approximate surface area is 176 Å². The van der Waals surface area contributed by atoms with Crippen molar-refractivity contribution in [2.75, 3.05) is 32.8 Å². The molecule has 1 amide bonds. The summed E-state index contributed by atoms with van der Waals surface area (Å²) in [6, 6.07) is 0. The van der Waals surface area contributed by atoms with Crippen LogP contribution < -0.4 is 5.32 Å². The lowest BCUT2D eigenvalue weighted by atomic mass is 9.78. The standard InChI is InChI=1S/C17H25N3O2S.C2HF3O2/c1-12-9-23-16(19-12)7-20-6-14-8-22-11-17(14,10-20)4-15(21)18-5-13-2-3-13;3-2(4,5)1(6)7/h9,13-14H,2-8,10-11H2,1H3,(H,18,21);(H,6,7)/t14-,17+;/m1./s1. The SMILES string of the molecule is Cc1csc(CN2C[C@@H]3COC[C@]3(CC(=O)NCC3CC3)C2)n1.O=C(O)C(F)(F)F. The summed E-state index contributed by atoms with van der Waals surface area (Å²) >= 11 is 1.73. The molecule has 2 saturated heterocycles. The number of hydrogen-bond acceptors (Lipinski definition) is 6. The molecule has 3 heterocycles. The molecule has 1 aromatic rings. The Morgan fingerprint density at radius 3 is 2.70 bits per heavy atom. The van der Waals surface area contributed by atoms with Gasteiger partial charge in [0.2, 0.25) is 5.91 Å². The van der Waals surface area contributed by atoms with Gasteiger partial charge in [-0.15, -0.1) is 11.3 Å². The number of likely N-dealkylation sites (tertiary alicyclic amines) is 1. The van der Waals surface area contributed by atoms with Crippen molar-refractivity contribution in [2.24, 2.45) is 17.3 Å². The van der Waals surface area contributed by atoms with E-state index < -0.39 is 12.1 Å². The first kappa shape index (κ1) is 23.0. The molecule has 0 aromatic carbocycles. The molecule has 1 saturated carbocycles. The summed E-state index contributed by atoms with van der Waals surface area (Å²) in [5.41, 5.74) is 1.11. The molecule has 2 N–H and O–H groups in total. The number of aliphatic carboxylic acids is 1. The Bertz CT molecular complexity index is 768. The number of alkyl halides is 3. The van der Waals surface area contributed by atoms with Crippen LogP contribution in [0.1, 0.15) is 30.0 Å². The van der Waals surface area contributed by atoms with Crippen molar-refractivity contribution in [3.8, 4) is 0 Å². The number of nitrogens with zero attached hydrogens (tertiary/aromatic N) is 2. The number of carboxylic acids is 1. The number of carboxylic acid groups (broad SMARTS) is 1. The Morgan fingerprint density at radius 1 is 1.43 bits per heavy atom. The topological polar surface area (TPSA) is 91.8 Å². The highest BCUT2D eigenvalue weighted by Crippen LogP contribution is 2.44. The van der Waals surface area contributed by atoms with E-state index in [0.29, 0.717) is 12.3 Å². The summed E-state index contributed by atoms with van der Waals surface area (Å²) in [6.45, 7) is 7.30. The zero-order valence-corrected chi connectivity index (χ0v) is 17.5. The molecule has 0 spiro atoms. The summed E-state index contributed by atoms with van der Waals surface area (Å²) in [4.78, 5) is 28.3. The average Bonchev–Trinajstić information content (AvgIpc) is 3.14. The van der Waals surface area contributed by atoms with Crippen LogP contribution in [0.4, 0.5) is 13.2 Å². The van der Waals surface area contributed by atoms with Crippen LogP contribution in [0.3, 0.4) is 0 Å². The summed E-state index contributed by atoms with van der Waals surface area (Å²) in [7, 11) is 0. The van der Waals surface area contributed by atoms with Crippen molar-refractivity contribution < 1.29 is 32.6 Å². The van der Waals surface area contributed by atoms with Crippen LogP contribution in [0.2, 0.25) is 0 Å². The van der Waals surface area contributed by atoms with Crippen molar-refractivity contribution in [1.82, 2.24) is 15.2 Å². The Hall–Kier alpha value is -1.72. The fourth-order valence-electron chi connectivity index (χ4n) is 3.94. The number of fused-ring (bicyclic) bond motifs is 1. The maximum Gasteiger partial charge on any atom is 0.490 e. The van der Waals surface area contributed by atoms with Gasteiger partial charge in [-0.2, -0.15) is 13.2 Å². The molecular weight excluding hydrogens is 423 g/mol. The molecule has 3 aliphatic rings. The van der Waals surface area contributed by atoms with Gasteiger partial charge in [0.1, 0.15) is 5.01 Å². The molecule has 7 nitrogen and oxygen atoms in total. The number of nitrogens with one attached hydrogen (secondary N) is 1. The third-order valence-electron chi connectivity index (χ3n) is 5.66. The van der Waals surface area contributed by atoms with E-state index in [4.69, 9.17) is 14.6 Å². The summed E-state index contributed by atoms with van der Waals surface area (Å²) < 4.78 is 37.5. The van der Waals surface area contributed by atoms with Crippen molar-refractivity contribution >= 4 is 23.2 Å². The van der Waals surface area contributed by atoms with Gasteiger partial charge in [-0.25, -0.2) is 9.78 Å². The summed E-state index contributed by atoms with van der Waals surface area (Å²) in [5.74, 6) is -1.33. The molecule has 1 aromatic heterocycles. The van der Waals surface area contributed by atoms with E-state index in [0.717, 1.165) is 51.0 Å². The van der Waals surface area contributed by atoms with Gasteiger partial charge in [-0.05, 0) is 25.7 Å². The number of carbonyl (C=O) groups excluding carboxylic acids is 1. The van der Waals surface area contributed by atoms with Crippen molar-refractivity contribution in [3.05, 3.63) is 16.1 Å². The molecule has 0 radical (unpaired) electrons. The number of halogens is 3. The van der Waals surface area contributed by atoms with Gasteiger partial charge < -0.3 is 15.2 Å². The molecule has 0 bridgehead atoms. The number of hydrogen-bond donors (Lipinski definition) is 2. The third-order valence-corrected chi connectivity index (χ3v) is 6.61. The second-order valence-electron chi connectivity index (χ2n) is 8.35.